The Balaban J connectivity index is 1.36. The van der Waals surface area contributed by atoms with Gasteiger partial charge in [-0.25, -0.2) is 0 Å². The van der Waals surface area contributed by atoms with E-state index in [1.165, 1.54) is 18.9 Å². The molecular weight excluding hydrogens is 406 g/mol. The number of carbonyl (C=O) groups is 1. The van der Waals surface area contributed by atoms with Gasteiger partial charge < -0.3 is 24.3 Å². The molecule has 0 fully saturated rings. The molecule has 0 spiro atoms. The molecule has 0 saturated carbocycles. The van der Waals surface area contributed by atoms with Crippen LogP contribution in [0.1, 0.15) is 0 Å². The SMILES string of the molecule is COc1ccc(NC(=O)CSc2ccc(-c3ccc4c(c3)OCO4)nn2)c(OC)c1. The van der Waals surface area contributed by atoms with Gasteiger partial charge in [-0.05, 0) is 42.5 Å². The number of hydrogen-bond donors (Lipinski definition) is 1. The van der Waals surface area contributed by atoms with E-state index in [-0.39, 0.29) is 18.5 Å². The van der Waals surface area contributed by atoms with E-state index >= 15 is 0 Å². The van der Waals surface area contributed by atoms with Crippen LogP contribution in [0.3, 0.4) is 0 Å². The van der Waals surface area contributed by atoms with Crippen molar-refractivity contribution in [2.75, 3.05) is 32.1 Å². The van der Waals surface area contributed by atoms with Gasteiger partial charge in [0.15, 0.2) is 11.5 Å². The molecule has 154 valence electrons. The second-order valence-electron chi connectivity index (χ2n) is 6.23. The molecule has 3 aromatic rings. The molecular formula is C21H19N3O5S. The quantitative estimate of drug-likeness (QED) is 0.574. The molecule has 1 amide bonds. The van der Waals surface area contributed by atoms with E-state index in [9.17, 15) is 4.79 Å². The molecule has 0 bridgehead atoms. The number of amides is 1. The van der Waals surface area contributed by atoms with Gasteiger partial charge in [-0.2, -0.15) is 0 Å². The van der Waals surface area contributed by atoms with E-state index in [0.29, 0.717) is 33.7 Å². The third kappa shape index (κ3) is 4.41. The number of benzene rings is 2. The first-order chi connectivity index (χ1) is 14.7. The summed E-state index contributed by atoms with van der Waals surface area (Å²) in [4.78, 5) is 12.3. The number of thioether (sulfide) groups is 1. The molecule has 0 atom stereocenters. The largest absolute Gasteiger partial charge is 0.497 e. The van der Waals surface area contributed by atoms with E-state index in [0.717, 1.165) is 11.3 Å². The number of carbonyl (C=O) groups excluding carboxylic acids is 1. The maximum atomic E-state index is 12.3. The van der Waals surface area contributed by atoms with Crippen LogP contribution in [0.25, 0.3) is 11.3 Å². The number of hydrogen-bond acceptors (Lipinski definition) is 8. The van der Waals surface area contributed by atoms with Crippen LogP contribution in [-0.4, -0.2) is 42.9 Å². The molecule has 8 nitrogen and oxygen atoms in total. The molecule has 0 radical (unpaired) electrons. The second-order valence-corrected chi connectivity index (χ2v) is 7.22. The van der Waals surface area contributed by atoms with E-state index in [4.69, 9.17) is 18.9 Å². The molecule has 0 unspecified atom stereocenters. The first-order valence-corrected chi connectivity index (χ1v) is 10.0. The lowest BCUT2D eigenvalue weighted by atomic mass is 10.1. The van der Waals surface area contributed by atoms with Crippen LogP contribution in [0.4, 0.5) is 5.69 Å². The smallest absolute Gasteiger partial charge is 0.234 e. The van der Waals surface area contributed by atoms with E-state index in [1.807, 2.05) is 30.3 Å². The van der Waals surface area contributed by atoms with Crippen LogP contribution in [-0.2, 0) is 4.79 Å². The summed E-state index contributed by atoms with van der Waals surface area (Å²) in [5.41, 5.74) is 2.17. The third-order valence-corrected chi connectivity index (χ3v) is 5.26. The minimum absolute atomic E-state index is 0.176. The highest BCUT2D eigenvalue weighted by molar-refractivity contribution is 7.99. The van der Waals surface area contributed by atoms with Crippen molar-refractivity contribution in [3.8, 4) is 34.3 Å². The lowest BCUT2D eigenvalue weighted by Gasteiger charge is -2.11. The van der Waals surface area contributed by atoms with Gasteiger partial charge in [0, 0.05) is 11.6 Å². The van der Waals surface area contributed by atoms with Gasteiger partial charge in [0.05, 0.1) is 31.4 Å². The summed E-state index contributed by atoms with van der Waals surface area (Å²) in [6.45, 7) is 0.227. The zero-order valence-electron chi connectivity index (χ0n) is 16.4. The highest BCUT2D eigenvalue weighted by Gasteiger charge is 2.15. The molecule has 0 aliphatic carbocycles. The van der Waals surface area contributed by atoms with E-state index in [1.54, 1.807) is 25.3 Å². The molecule has 1 N–H and O–H groups in total. The van der Waals surface area contributed by atoms with Gasteiger partial charge >= 0.3 is 0 Å². The molecule has 30 heavy (non-hydrogen) atoms. The van der Waals surface area contributed by atoms with E-state index in [2.05, 4.69) is 15.5 Å². The van der Waals surface area contributed by atoms with Gasteiger partial charge in [-0.15, -0.1) is 10.2 Å². The maximum absolute atomic E-state index is 12.3. The Hall–Kier alpha value is -3.46. The van der Waals surface area contributed by atoms with Crippen LogP contribution in [0.15, 0.2) is 53.6 Å². The van der Waals surface area contributed by atoms with Gasteiger partial charge in [0.1, 0.15) is 16.5 Å². The Kier molecular flexibility index (Phi) is 5.89. The fourth-order valence-corrected chi connectivity index (χ4v) is 3.45. The molecule has 0 saturated heterocycles. The lowest BCUT2D eigenvalue weighted by molar-refractivity contribution is -0.113. The Morgan fingerprint density at radius 2 is 1.90 bits per heavy atom. The summed E-state index contributed by atoms with van der Waals surface area (Å²) < 4.78 is 21.2. The minimum atomic E-state index is -0.176. The summed E-state index contributed by atoms with van der Waals surface area (Å²) >= 11 is 1.30. The average Bonchev–Trinajstić information content (AvgIpc) is 3.26. The first-order valence-electron chi connectivity index (χ1n) is 9.04. The predicted octanol–water partition coefficient (Wildman–Crippen LogP) is 3.62. The second kappa shape index (κ2) is 8.91. The van der Waals surface area contributed by atoms with E-state index < -0.39 is 0 Å². The predicted molar refractivity (Wildman–Crippen MR) is 112 cm³/mol. The van der Waals surface area contributed by atoms with Crippen molar-refractivity contribution in [3.05, 3.63) is 48.5 Å². The Labute approximate surface area is 177 Å². The Bertz CT molecular complexity index is 1060. The fourth-order valence-electron chi connectivity index (χ4n) is 2.83. The fraction of sp³-hybridized carbons (Fsp3) is 0.190. The highest BCUT2D eigenvalue weighted by Crippen LogP contribution is 2.35. The number of nitrogens with one attached hydrogen (secondary N) is 1. The van der Waals surface area contributed by atoms with Gasteiger partial charge in [0.2, 0.25) is 12.7 Å². The number of ether oxygens (including phenoxy) is 4. The monoisotopic (exact) mass is 425 g/mol. The van der Waals surface area contributed by atoms with Crippen molar-refractivity contribution >= 4 is 23.4 Å². The van der Waals surface area contributed by atoms with Crippen molar-refractivity contribution < 1.29 is 23.7 Å². The number of aromatic nitrogens is 2. The summed E-state index contributed by atoms with van der Waals surface area (Å²) in [6.07, 6.45) is 0. The first kappa shape index (κ1) is 19.8. The molecule has 1 aliphatic heterocycles. The minimum Gasteiger partial charge on any atom is -0.497 e. The lowest BCUT2D eigenvalue weighted by Crippen LogP contribution is -2.14. The summed E-state index contributed by atoms with van der Waals surface area (Å²) in [5.74, 6) is 2.60. The van der Waals surface area contributed by atoms with Crippen molar-refractivity contribution in [1.29, 1.82) is 0 Å². The average molecular weight is 425 g/mol. The number of methoxy groups -OCH3 is 2. The van der Waals surface area contributed by atoms with Crippen LogP contribution >= 0.6 is 11.8 Å². The van der Waals surface area contributed by atoms with Crippen molar-refractivity contribution in [3.63, 3.8) is 0 Å². The molecule has 1 aromatic heterocycles. The van der Waals surface area contributed by atoms with Gasteiger partial charge in [0.25, 0.3) is 0 Å². The Morgan fingerprint density at radius 3 is 2.67 bits per heavy atom. The summed E-state index contributed by atoms with van der Waals surface area (Å²) in [7, 11) is 3.11. The number of anilines is 1. The standard InChI is InChI=1S/C21H19N3O5S/c1-26-14-4-5-16(18(10-14)27-2)22-20(25)11-30-21-8-6-15(23-24-21)13-3-7-17-19(9-13)29-12-28-17/h3-10H,11-12H2,1-2H3,(H,22,25). The topological polar surface area (TPSA) is 91.8 Å². The van der Waals surface area contributed by atoms with Crippen LogP contribution < -0.4 is 24.3 Å². The van der Waals surface area contributed by atoms with Gasteiger partial charge in [-0.3, -0.25) is 4.79 Å². The Morgan fingerprint density at radius 1 is 1.03 bits per heavy atom. The highest BCUT2D eigenvalue weighted by atomic mass is 32.2. The normalized spacial score (nSPS) is 11.8. The number of fused-ring (bicyclic) bond motifs is 1. The maximum Gasteiger partial charge on any atom is 0.234 e. The molecule has 4 rings (SSSR count). The molecule has 2 heterocycles. The third-order valence-electron chi connectivity index (χ3n) is 4.34. The van der Waals surface area contributed by atoms with Crippen molar-refractivity contribution in [1.82, 2.24) is 10.2 Å². The zero-order valence-corrected chi connectivity index (χ0v) is 17.2. The zero-order chi connectivity index (χ0) is 20.9. The molecule has 9 heteroatoms. The summed E-state index contributed by atoms with van der Waals surface area (Å²) in [5, 5.41) is 11.9. The number of nitrogens with zero attached hydrogens (tertiary/aromatic N) is 2. The summed E-state index contributed by atoms with van der Waals surface area (Å²) in [6, 6.07) is 14.5. The van der Waals surface area contributed by atoms with Crippen LogP contribution in [0.2, 0.25) is 0 Å². The molecule has 2 aromatic carbocycles. The molecule has 1 aliphatic rings. The number of rotatable bonds is 7. The van der Waals surface area contributed by atoms with Crippen LogP contribution in [0.5, 0.6) is 23.0 Å². The van der Waals surface area contributed by atoms with Crippen molar-refractivity contribution in [2.45, 2.75) is 5.03 Å². The van der Waals surface area contributed by atoms with Crippen LogP contribution in [0, 0.1) is 0 Å². The van der Waals surface area contributed by atoms with Gasteiger partial charge in [-0.1, -0.05) is 11.8 Å². The van der Waals surface area contributed by atoms with Crippen molar-refractivity contribution in [2.24, 2.45) is 0 Å².